The van der Waals surface area contributed by atoms with E-state index < -0.39 is 0 Å². The molecule has 0 aliphatic rings. The van der Waals surface area contributed by atoms with Crippen molar-refractivity contribution in [1.29, 1.82) is 10.5 Å². The first-order valence-corrected chi connectivity index (χ1v) is 48.1. The molecule has 0 spiro atoms. The van der Waals surface area contributed by atoms with Crippen LogP contribution in [0.15, 0.2) is 249 Å². The van der Waals surface area contributed by atoms with Gasteiger partial charge in [0.25, 0.3) is 0 Å². The van der Waals surface area contributed by atoms with E-state index in [-0.39, 0.29) is 5.82 Å². The largest absolute Gasteiger partial charge is 0.311 e. The van der Waals surface area contributed by atoms with Crippen LogP contribution < -0.4 is 9.80 Å². The number of aryl methyl sites for hydroxylation is 4. The van der Waals surface area contributed by atoms with Crippen LogP contribution in [0.1, 0.15) is 226 Å². The lowest BCUT2D eigenvalue weighted by Crippen LogP contribution is -2.09. The SMILES string of the molecule is CCCCCCCCc1cc(-c2sc(-c3cc(F)c(-c4cc(CCCCCCCC)c(-c5cc(CCCCCCCC)c(-c6ccc(/C(C#N)=C\c7ccc(N(c8ccccc8)c8ccccc8)cc7)cc6)s5)s4)c4nsnc34)cc2CCCCCCCC)sc1-c1ccc(/C(C#N)=C\c2ccc(N(c3ccccc3)c3ccccc3)cc2)cc1. The average molecular weight is 1670 g/mol. The van der Waals surface area contributed by atoms with Gasteiger partial charge in [0, 0.05) is 78.7 Å². The van der Waals surface area contributed by atoms with Gasteiger partial charge >= 0.3 is 0 Å². The minimum absolute atomic E-state index is 0.266. The van der Waals surface area contributed by atoms with Gasteiger partial charge in [-0.05, 0) is 222 Å². The van der Waals surface area contributed by atoms with Crippen LogP contribution in [0, 0.1) is 28.5 Å². The van der Waals surface area contributed by atoms with Gasteiger partial charge in [-0.3, -0.25) is 0 Å². The molecule has 12 heteroatoms. The van der Waals surface area contributed by atoms with Gasteiger partial charge in [0.2, 0.25) is 0 Å². The van der Waals surface area contributed by atoms with Crippen molar-refractivity contribution in [2.75, 3.05) is 9.80 Å². The molecule has 0 saturated carbocycles. The number of aromatic nitrogens is 2. The Hall–Kier alpha value is -10.4. The Kier molecular flexibility index (Phi) is 31.7. The third-order valence-electron chi connectivity index (χ3n) is 23.0. The molecule has 5 heterocycles. The minimum Gasteiger partial charge on any atom is -0.311 e. The maximum atomic E-state index is 18.2. The molecule has 0 aliphatic carbocycles. The number of anilines is 6. The zero-order chi connectivity index (χ0) is 82.6. The number of para-hydroxylation sites is 4. The molecule has 0 bridgehead atoms. The third kappa shape index (κ3) is 22.0. The monoisotopic (exact) mass is 1670 g/mol. The van der Waals surface area contributed by atoms with Gasteiger partial charge in [-0.15, -0.1) is 45.3 Å². The highest BCUT2D eigenvalue weighted by molar-refractivity contribution is 7.26. The average Bonchev–Trinajstić information content (AvgIpc) is 1.56. The molecule has 0 unspecified atom stereocenters. The van der Waals surface area contributed by atoms with Crippen LogP contribution in [0.25, 0.3) is 95.6 Å². The number of halogens is 1. The molecular weight excluding hydrogens is 1560 g/mol. The molecular formula is C108H111FN6S5. The van der Waals surface area contributed by atoms with Crippen molar-refractivity contribution in [3.8, 4) is 73.4 Å². The fourth-order valence-electron chi connectivity index (χ4n) is 16.5. The Morgan fingerprint density at radius 2 is 0.625 bits per heavy atom. The van der Waals surface area contributed by atoms with Crippen molar-refractivity contribution < 1.29 is 4.39 Å². The predicted octanol–water partition coefficient (Wildman–Crippen LogP) is 34.8. The Morgan fingerprint density at radius 1 is 0.325 bits per heavy atom. The lowest BCUT2D eigenvalue weighted by Gasteiger charge is -2.25. The Morgan fingerprint density at radius 3 is 0.983 bits per heavy atom. The van der Waals surface area contributed by atoms with E-state index in [0.717, 1.165) is 146 Å². The first-order chi connectivity index (χ1) is 59.2. The molecule has 0 saturated heterocycles. The molecule has 0 N–H and O–H groups in total. The number of hydrogen-bond acceptors (Lipinski definition) is 11. The standard InChI is InChI=1S/C108H111FN6S5/c1-5-9-13-17-21-29-41-84-73-100(118-105(84)82-61-57-80(58-62-82)88(76-110)69-78-53-65-94(66-54-78)114(90-45-33-25-34-46-90)91-47-35-26-36-48-91)107-86(43-31-23-19-15-11-7-3)71-98(116-107)96-75-97(109)102(104-103(96)112-120-113-104)99-72-87(44-32-24-20-16-12-8-4)108(117-99)101-74-85(42-30-22-18-14-10-6-2)106(119-101)83-63-59-81(60-64-83)89(77-111)70-79-55-67-95(68-56-79)115(92-49-37-27-38-50-92)93-51-39-28-40-52-93/h25-28,33-40,45-75H,5-24,29-32,41-44H2,1-4H3/b88-69-,89-70-. The van der Waals surface area contributed by atoms with Crippen molar-refractivity contribution >= 4 is 126 Å². The van der Waals surface area contributed by atoms with E-state index in [1.165, 1.54) is 185 Å². The predicted molar refractivity (Wildman–Crippen MR) is 519 cm³/mol. The fraction of sp³-hybridized carbons (Fsp3) is 0.296. The zero-order valence-electron chi connectivity index (χ0n) is 70.2. The van der Waals surface area contributed by atoms with Crippen molar-refractivity contribution in [2.24, 2.45) is 0 Å². The van der Waals surface area contributed by atoms with Crippen molar-refractivity contribution in [1.82, 2.24) is 8.75 Å². The molecule has 14 rings (SSSR count). The molecule has 0 aliphatic heterocycles. The quantitative estimate of drug-likeness (QED) is 0.0215. The Balaban J connectivity index is 0.777. The first-order valence-electron chi connectivity index (χ1n) is 44.1. The summed E-state index contributed by atoms with van der Waals surface area (Å²) in [7, 11) is 0. The molecule has 0 amide bonds. The second-order valence-corrected chi connectivity index (χ2v) is 36.6. The van der Waals surface area contributed by atoms with Crippen molar-refractivity contribution in [3.63, 3.8) is 0 Å². The smallest absolute Gasteiger partial charge is 0.134 e. The van der Waals surface area contributed by atoms with Crippen molar-refractivity contribution in [3.05, 3.63) is 299 Å². The fourth-order valence-corrected chi connectivity index (χ4v) is 22.3. The molecule has 0 fully saturated rings. The number of allylic oxidation sites excluding steroid dienone is 2. The molecule has 0 atom stereocenters. The maximum Gasteiger partial charge on any atom is 0.134 e. The highest BCUT2D eigenvalue weighted by Crippen LogP contribution is 2.52. The summed E-state index contributed by atoms with van der Waals surface area (Å²) in [6.07, 6.45) is 36.7. The molecule has 6 nitrogen and oxygen atoms in total. The van der Waals surface area contributed by atoms with Crippen LogP contribution in [0.3, 0.4) is 0 Å². The summed E-state index contributed by atoms with van der Waals surface area (Å²) in [5, 5.41) is 21.6. The van der Waals surface area contributed by atoms with Crippen LogP contribution in [-0.2, 0) is 25.7 Å². The number of thiophene rings is 4. The molecule has 610 valence electrons. The van der Waals surface area contributed by atoms with Gasteiger partial charge in [0.15, 0.2) is 0 Å². The van der Waals surface area contributed by atoms with E-state index in [1.807, 2.05) is 59.1 Å². The van der Waals surface area contributed by atoms with E-state index in [9.17, 15) is 10.5 Å². The van der Waals surface area contributed by atoms with Crippen LogP contribution in [-0.4, -0.2) is 8.75 Å². The number of nitriles is 2. The highest BCUT2D eigenvalue weighted by Gasteiger charge is 2.27. The Bertz CT molecular complexity index is 5620. The van der Waals surface area contributed by atoms with E-state index in [2.05, 4.69) is 268 Å². The number of hydrogen-bond donors (Lipinski definition) is 0. The minimum atomic E-state index is -0.266. The van der Waals surface area contributed by atoms with E-state index >= 15 is 4.39 Å². The normalized spacial score (nSPS) is 11.7. The van der Waals surface area contributed by atoms with Crippen molar-refractivity contribution in [2.45, 2.75) is 207 Å². The highest BCUT2D eigenvalue weighted by atomic mass is 32.1. The van der Waals surface area contributed by atoms with Gasteiger partial charge in [-0.2, -0.15) is 19.3 Å². The zero-order valence-corrected chi connectivity index (χ0v) is 74.3. The molecule has 0 radical (unpaired) electrons. The summed E-state index contributed by atoms with van der Waals surface area (Å²) < 4.78 is 28.4. The summed E-state index contributed by atoms with van der Waals surface area (Å²) in [5.74, 6) is -0.266. The number of fused-ring (bicyclic) bond motifs is 1. The lowest BCUT2D eigenvalue weighted by atomic mass is 9.98. The molecule has 14 aromatic rings. The van der Waals surface area contributed by atoms with Gasteiger partial charge in [-0.1, -0.05) is 302 Å². The van der Waals surface area contributed by atoms with Gasteiger partial charge in [0.1, 0.15) is 16.9 Å². The summed E-state index contributed by atoms with van der Waals surface area (Å²) in [4.78, 5) is 13.9. The number of benzene rings is 9. The first kappa shape index (κ1) is 86.0. The number of nitrogens with zero attached hydrogens (tertiary/aromatic N) is 6. The van der Waals surface area contributed by atoms with Gasteiger partial charge in [-0.25, -0.2) is 4.39 Å². The summed E-state index contributed by atoms with van der Waals surface area (Å²) >= 11 is 8.43. The van der Waals surface area contributed by atoms with E-state index in [0.29, 0.717) is 22.2 Å². The lowest BCUT2D eigenvalue weighted by molar-refractivity contribution is 0.608. The topological polar surface area (TPSA) is 79.8 Å². The number of rotatable bonds is 44. The second-order valence-electron chi connectivity index (χ2n) is 31.9. The number of unbranched alkanes of at least 4 members (excludes halogenated alkanes) is 20. The summed E-state index contributed by atoms with van der Waals surface area (Å²) in [6.45, 7) is 9.12. The van der Waals surface area contributed by atoms with E-state index in [1.54, 1.807) is 28.7 Å². The van der Waals surface area contributed by atoms with Crippen LogP contribution in [0.2, 0.25) is 0 Å². The molecule has 120 heavy (non-hydrogen) atoms. The summed E-state index contributed by atoms with van der Waals surface area (Å²) in [5.41, 5.74) is 21.6. The van der Waals surface area contributed by atoms with Crippen LogP contribution in [0.5, 0.6) is 0 Å². The summed E-state index contributed by atoms with van der Waals surface area (Å²) in [6, 6.07) is 92.5. The third-order valence-corrected chi connectivity index (χ3v) is 28.8. The van der Waals surface area contributed by atoms with Gasteiger partial charge in [0.05, 0.1) is 40.6 Å². The molecule has 5 aromatic heterocycles. The Labute approximate surface area is 733 Å². The van der Waals surface area contributed by atoms with Crippen LogP contribution in [0.4, 0.5) is 38.5 Å². The maximum absolute atomic E-state index is 18.2. The molecule has 9 aromatic carbocycles. The second kappa shape index (κ2) is 44.2. The van der Waals surface area contributed by atoms with Gasteiger partial charge < -0.3 is 9.80 Å². The van der Waals surface area contributed by atoms with Crippen LogP contribution >= 0.6 is 57.1 Å². The van der Waals surface area contributed by atoms with E-state index in [4.69, 9.17) is 8.75 Å².